The number of nitrogens with one attached hydrogen (secondary N) is 1. The topological polar surface area (TPSA) is 50.7 Å². The lowest BCUT2D eigenvalue weighted by atomic mass is 10.1. The molecule has 0 radical (unpaired) electrons. The van der Waals surface area contributed by atoms with E-state index < -0.39 is 5.25 Å². The number of fused-ring (bicyclic) bond motifs is 1. The Labute approximate surface area is 178 Å². The number of rotatable bonds is 5. The summed E-state index contributed by atoms with van der Waals surface area (Å²) >= 11 is 3.16. The molecule has 4 rings (SSSR count). The number of carbonyl (C=O) groups is 1. The van der Waals surface area contributed by atoms with Crippen molar-refractivity contribution in [2.24, 2.45) is 4.99 Å². The largest absolute Gasteiger partial charge is 0.497 e. The Bertz CT molecular complexity index is 1040. The molecule has 1 atom stereocenters. The molecule has 29 heavy (non-hydrogen) atoms. The molecule has 0 aliphatic carbocycles. The van der Waals surface area contributed by atoms with Crippen molar-refractivity contribution < 1.29 is 9.53 Å². The smallest absolute Gasteiger partial charge is 0.242 e. The van der Waals surface area contributed by atoms with Crippen LogP contribution < -0.4 is 10.1 Å². The average Bonchev–Trinajstić information content (AvgIpc) is 2.78. The third-order valence-electron chi connectivity index (χ3n) is 4.45. The normalized spacial score (nSPS) is 13.8. The fraction of sp³-hybridized carbons (Fsp3) is 0.130. The molecule has 146 valence electrons. The van der Waals surface area contributed by atoms with E-state index in [1.165, 1.54) is 17.3 Å². The summed E-state index contributed by atoms with van der Waals surface area (Å²) in [4.78, 5) is 18.0. The van der Waals surface area contributed by atoms with Gasteiger partial charge in [-0.2, -0.15) is 0 Å². The van der Waals surface area contributed by atoms with Gasteiger partial charge >= 0.3 is 0 Å². The number of hydrogen-bond donors (Lipinski definition) is 1. The molecule has 0 fully saturated rings. The van der Waals surface area contributed by atoms with E-state index in [4.69, 9.17) is 9.73 Å². The fourth-order valence-corrected chi connectivity index (χ4v) is 5.22. The van der Waals surface area contributed by atoms with Gasteiger partial charge in [0.15, 0.2) is 0 Å². The predicted octanol–water partition coefficient (Wildman–Crippen LogP) is 6.04. The number of ether oxygens (including phenoxy) is 1. The quantitative estimate of drug-likeness (QED) is 0.546. The summed E-state index contributed by atoms with van der Waals surface area (Å²) in [6.07, 6.45) is 0. The van der Waals surface area contributed by atoms with Crippen molar-refractivity contribution in [2.45, 2.75) is 11.0 Å². The third-order valence-corrected chi connectivity index (χ3v) is 6.90. The second-order valence-electron chi connectivity index (χ2n) is 6.42. The van der Waals surface area contributed by atoms with Crippen molar-refractivity contribution in [3.63, 3.8) is 0 Å². The van der Waals surface area contributed by atoms with Crippen LogP contribution >= 0.6 is 23.5 Å². The highest BCUT2D eigenvalue weighted by molar-refractivity contribution is 8.38. The van der Waals surface area contributed by atoms with E-state index in [0.717, 1.165) is 21.4 Å². The zero-order valence-corrected chi connectivity index (χ0v) is 17.5. The summed E-state index contributed by atoms with van der Waals surface area (Å²) in [7, 11) is 1.61. The van der Waals surface area contributed by atoms with Crippen LogP contribution in [0.1, 0.15) is 16.4 Å². The van der Waals surface area contributed by atoms with Crippen molar-refractivity contribution >= 4 is 45.2 Å². The highest BCUT2D eigenvalue weighted by Crippen LogP contribution is 2.40. The fourth-order valence-electron chi connectivity index (χ4n) is 2.98. The summed E-state index contributed by atoms with van der Waals surface area (Å²) in [5, 5.41) is 2.62. The number of thioether (sulfide) groups is 2. The van der Waals surface area contributed by atoms with Crippen molar-refractivity contribution in [1.29, 1.82) is 0 Å². The number of anilines is 1. The molecule has 0 saturated carbocycles. The number of carbonyl (C=O) groups excluding carboxylic acids is 1. The maximum atomic E-state index is 13.2. The van der Waals surface area contributed by atoms with Crippen LogP contribution in [0.3, 0.4) is 0 Å². The van der Waals surface area contributed by atoms with Gasteiger partial charge in [0, 0.05) is 17.5 Å². The third kappa shape index (κ3) is 4.83. The van der Waals surface area contributed by atoms with Crippen LogP contribution in [0.5, 0.6) is 5.75 Å². The van der Waals surface area contributed by atoms with Gasteiger partial charge in [0.25, 0.3) is 0 Å². The first-order chi connectivity index (χ1) is 14.2. The number of methoxy groups -OCH3 is 1. The Morgan fingerprint density at radius 1 is 1.07 bits per heavy atom. The summed E-state index contributed by atoms with van der Waals surface area (Å²) < 4.78 is 6.16. The zero-order valence-electron chi connectivity index (χ0n) is 15.9. The first kappa shape index (κ1) is 19.6. The molecule has 4 nitrogen and oxygen atoms in total. The summed E-state index contributed by atoms with van der Waals surface area (Å²) in [5.74, 6) is 1.48. The van der Waals surface area contributed by atoms with Crippen molar-refractivity contribution in [3.8, 4) is 5.75 Å². The average molecular weight is 421 g/mol. The van der Waals surface area contributed by atoms with Crippen LogP contribution in [0.2, 0.25) is 0 Å². The molecule has 1 N–H and O–H groups in total. The first-order valence-corrected chi connectivity index (χ1v) is 11.1. The van der Waals surface area contributed by atoms with Crippen LogP contribution in [0.25, 0.3) is 0 Å². The van der Waals surface area contributed by atoms with E-state index in [1.54, 1.807) is 18.9 Å². The summed E-state index contributed by atoms with van der Waals surface area (Å²) in [6, 6.07) is 25.3. The lowest BCUT2D eigenvalue weighted by Gasteiger charge is -2.20. The molecule has 1 amide bonds. The minimum Gasteiger partial charge on any atom is -0.497 e. The van der Waals surface area contributed by atoms with Gasteiger partial charge in [-0.25, -0.2) is 4.99 Å². The van der Waals surface area contributed by atoms with Crippen LogP contribution in [0.15, 0.2) is 83.9 Å². The molecule has 1 aliphatic rings. The van der Waals surface area contributed by atoms with Crippen LogP contribution in [-0.2, 0) is 10.5 Å². The number of para-hydroxylation sites is 1. The number of amides is 1. The Kier molecular flexibility index (Phi) is 6.22. The molecule has 6 heteroatoms. The summed E-state index contributed by atoms with van der Waals surface area (Å²) in [5.41, 5.74) is 3.85. The highest BCUT2D eigenvalue weighted by Gasteiger charge is 2.25. The Morgan fingerprint density at radius 2 is 1.86 bits per heavy atom. The Hall–Kier alpha value is -2.70. The maximum absolute atomic E-state index is 13.2. The number of hydrogen-bond acceptors (Lipinski definition) is 5. The van der Waals surface area contributed by atoms with Gasteiger partial charge in [-0.1, -0.05) is 78.1 Å². The summed E-state index contributed by atoms with van der Waals surface area (Å²) in [6.45, 7) is 0. The van der Waals surface area contributed by atoms with Crippen LogP contribution in [-0.4, -0.2) is 17.4 Å². The number of aliphatic imine (C=N–C) groups is 1. The van der Waals surface area contributed by atoms with Gasteiger partial charge < -0.3 is 10.1 Å². The lowest BCUT2D eigenvalue weighted by molar-refractivity contribution is -0.115. The molecule has 1 heterocycles. The van der Waals surface area contributed by atoms with Crippen LogP contribution in [0, 0.1) is 0 Å². The number of nitrogens with zero attached hydrogens (tertiary/aromatic N) is 1. The molecule has 1 aliphatic heterocycles. The van der Waals surface area contributed by atoms with Gasteiger partial charge in [0.05, 0.1) is 12.8 Å². The zero-order chi connectivity index (χ0) is 20.1. The minimum atomic E-state index is -0.404. The van der Waals surface area contributed by atoms with Crippen LogP contribution in [0.4, 0.5) is 11.4 Å². The Balaban J connectivity index is 1.59. The first-order valence-electron chi connectivity index (χ1n) is 9.19. The lowest BCUT2D eigenvalue weighted by Crippen LogP contribution is -2.20. The predicted molar refractivity (Wildman–Crippen MR) is 123 cm³/mol. The SMILES string of the molecule is COc1cccc(NC(=O)C(SC2=Nc3ccccc3CS2)c2ccccc2)c1. The number of benzene rings is 3. The van der Waals surface area contributed by atoms with Crippen molar-refractivity contribution in [3.05, 3.63) is 90.0 Å². The van der Waals surface area contributed by atoms with E-state index in [0.29, 0.717) is 11.4 Å². The molecular weight excluding hydrogens is 400 g/mol. The molecule has 0 bridgehead atoms. The van der Waals surface area contributed by atoms with Crippen molar-refractivity contribution in [2.75, 3.05) is 12.4 Å². The Morgan fingerprint density at radius 3 is 2.69 bits per heavy atom. The molecule has 0 aromatic heterocycles. The van der Waals surface area contributed by atoms with Gasteiger partial charge in [-0.15, -0.1) is 0 Å². The van der Waals surface area contributed by atoms with Gasteiger partial charge in [-0.3, -0.25) is 4.79 Å². The highest BCUT2D eigenvalue weighted by atomic mass is 32.2. The standard InChI is InChI=1S/C23H20N2O2S2/c1-27-19-12-7-11-18(14-19)24-22(26)21(16-8-3-2-4-9-16)29-23-25-20-13-6-5-10-17(20)15-28-23/h2-14,21H,15H2,1H3,(H,24,26). The minimum absolute atomic E-state index is 0.0865. The van der Waals surface area contributed by atoms with Gasteiger partial charge in [0.1, 0.15) is 15.4 Å². The van der Waals surface area contributed by atoms with E-state index in [2.05, 4.69) is 11.4 Å². The van der Waals surface area contributed by atoms with E-state index in [-0.39, 0.29) is 5.91 Å². The van der Waals surface area contributed by atoms with E-state index in [1.807, 2.05) is 72.8 Å². The molecule has 3 aromatic rings. The second-order valence-corrected chi connectivity index (χ2v) is 8.74. The molecule has 1 unspecified atom stereocenters. The van der Waals surface area contributed by atoms with Crippen molar-refractivity contribution in [1.82, 2.24) is 0 Å². The van der Waals surface area contributed by atoms with E-state index >= 15 is 0 Å². The molecule has 0 spiro atoms. The second kappa shape index (κ2) is 9.20. The molecular formula is C23H20N2O2S2. The van der Waals surface area contributed by atoms with E-state index in [9.17, 15) is 4.79 Å². The molecule has 0 saturated heterocycles. The van der Waals surface area contributed by atoms with Gasteiger partial charge in [-0.05, 0) is 29.3 Å². The maximum Gasteiger partial charge on any atom is 0.242 e. The monoisotopic (exact) mass is 420 g/mol. The van der Waals surface area contributed by atoms with Gasteiger partial charge in [0.2, 0.25) is 5.91 Å². The molecule has 3 aromatic carbocycles.